The van der Waals surface area contributed by atoms with Crippen molar-refractivity contribution in [3.8, 4) is 0 Å². The molecule has 50 valence electrons. The molecule has 3 nitrogen and oxygen atoms in total. The maximum Gasteiger partial charge on any atom is 0.336 e. The Bertz CT molecular complexity index is 163. The third-order valence-electron chi connectivity index (χ3n) is 1.48. The van der Waals surface area contributed by atoms with Gasteiger partial charge < -0.3 is 10.2 Å². The smallest absolute Gasteiger partial charge is 0.336 e. The molecule has 0 unspecified atom stereocenters. The molecule has 0 aliphatic heterocycles. The van der Waals surface area contributed by atoms with Crippen LogP contribution in [0.15, 0.2) is 12.2 Å². The predicted octanol–water partition coefficient (Wildman–Crippen LogP) is 0.152. The number of carboxylic acid groups (broad SMARTS) is 1. The monoisotopic (exact) mass is 128 g/mol. The highest BCUT2D eigenvalue weighted by Crippen LogP contribution is 2.35. The standard InChI is InChI=1S/C6H8O3/c1-4-2-6(9,3-4)5(7)8/h9H,1-3H2,(H,7,8). The quantitative estimate of drug-likeness (QED) is 0.494. The first-order valence-electron chi connectivity index (χ1n) is 2.67. The van der Waals surface area contributed by atoms with Gasteiger partial charge in [-0.15, -0.1) is 0 Å². The highest BCUT2D eigenvalue weighted by molar-refractivity contribution is 5.80. The molecule has 0 radical (unpaired) electrons. The van der Waals surface area contributed by atoms with E-state index in [9.17, 15) is 4.79 Å². The fraction of sp³-hybridized carbons (Fsp3) is 0.500. The van der Waals surface area contributed by atoms with Gasteiger partial charge in [-0.2, -0.15) is 0 Å². The van der Waals surface area contributed by atoms with Crippen molar-refractivity contribution in [2.45, 2.75) is 18.4 Å². The summed E-state index contributed by atoms with van der Waals surface area (Å²) in [7, 11) is 0. The van der Waals surface area contributed by atoms with Crippen molar-refractivity contribution in [3.05, 3.63) is 12.2 Å². The van der Waals surface area contributed by atoms with E-state index in [4.69, 9.17) is 10.2 Å². The molecule has 0 atom stereocenters. The van der Waals surface area contributed by atoms with Crippen molar-refractivity contribution in [3.63, 3.8) is 0 Å². The Hall–Kier alpha value is -0.830. The number of rotatable bonds is 1. The second kappa shape index (κ2) is 1.57. The maximum absolute atomic E-state index is 10.2. The average molecular weight is 128 g/mol. The number of hydrogen-bond acceptors (Lipinski definition) is 2. The third kappa shape index (κ3) is 0.833. The minimum atomic E-state index is -1.49. The fourth-order valence-electron chi connectivity index (χ4n) is 0.927. The van der Waals surface area contributed by atoms with Crippen molar-refractivity contribution in [1.29, 1.82) is 0 Å². The van der Waals surface area contributed by atoms with Crippen LogP contribution in [0.25, 0.3) is 0 Å². The van der Waals surface area contributed by atoms with Gasteiger partial charge in [0, 0.05) is 12.8 Å². The Kier molecular flexibility index (Phi) is 1.10. The second-order valence-corrected chi connectivity index (χ2v) is 2.44. The lowest BCUT2D eigenvalue weighted by atomic mass is 9.77. The van der Waals surface area contributed by atoms with Crippen LogP contribution in [-0.4, -0.2) is 21.8 Å². The topological polar surface area (TPSA) is 57.5 Å². The van der Waals surface area contributed by atoms with E-state index in [0.717, 1.165) is 5.57 Å². The van der Waals surface area contributed by atoms with Crippen molar-refractivity contribution < 1.29 is 15.0 Å². The second-order valence-electron chi connectivity index (χ2n) is 2.44. The minimum Gasteiger partial charge on any atom is -0.479 e. The van der Waals surface area contributed by atoms with Gasteiger partial charge in [-0.25, -0.2) is 4.79 Å². The fourth-order valence-corrected chi connectivity index (χ4v) is 0.927. The van der Waals surface area contributed by atoms with Gasteiger partial charge in [0.15, 0.2) is 5.60 Å². The molecule has 3 heteroatoms. The molecule has 0 bridgehead atoms. The van der Waals surface area contributed by atoms with Crippen molar-refractivity contribution in [2.24, 2.45) is 0 Å². The van der Waals surface area contributed by atoms with Crippen molar-refractivity contribution in [2.75, 3.05) is 0 Å². The summed E-state index contributed by atoms with van der Waals surface area (Å²) < 4.78 is 0. The van der Waals surface area contributed by atoms with Crippen molar-refractivity contribution >= 4 is 5.97 Å². The normalized spacial score (nSPS) is 23.0. The zero-order valence-electron chi connectivity index (χ0n) is 4.92. The van der Waals surface area contributed by atoms with E-state index in [-0.39, 0.29) is 12.8 Å². The van der Waals surface area contributed by atoms with E-state index in [2.05, 4.69) is 6.58 Å². The molecule has 0 spiro atoms. The van der Waals surface area contributed by atoms with Crippen LogP contribution in [0.5, 0.6) is 0 Å². The summed E-state index contributed by atoms with van der Waals surface area (Å²) in [5, 5.41) is 17.3. The van der Waals surface area contributed by atoms with Crippen molar-refractivity contribution in [1.82, 2.24) is 0 Å². The molecule has 0 aromatic carbocycles. The van der Waals surface area contributed by atoms with E-state index in [0.29, 0.717) is 0 Å². The van der Waals surface area contributed by atoms with Crippen LogP contribution in [0.3, 0.4) is 0 Å². The van der Waals surface area contributed by atoms with Gasteiger partial charge in [-0.1, -0.05) is 12.2 Å². The van der Waals surface area contributed by atoms with Gasteiger partial charge >= 0.3 is 5.97 Å². The summed E-state index contributed by atoms with van der Waals surface area (Å²) in [4.78, 5) is 10.2. The first-order chi connectivity index (χ1) is 4.04. The maximum atomic E-state index is 10.2. The van der Waals surface area contributed by atoms with Crippen LogP contribution < -0.4 is 0 Å². The van der Waals surface area contributed by atoms with Crippen LogP contribution >= 0.6 is 0 Å². The average Bonchev–Trinajstić information content (AvgIpc) is 1.62. The first-order valence-corrected chi connectivity index (χ1v) is 2.67. The third-order valence-corrected chi connectivity index (χ3v) is 1.48. The van der Waals surface area contributed by atoms with E-state index in [1.807, 2.05) is 0 Å². The van der Waals surface area contributed by atoms with Crippen LogP contribution in [0.1, 0.15) is 12.8 Å². The Labute approximate surface area is 52.6 Å². The Morgan fingerprint density at radius 1 is 1.67 bits per heavy atom. The van der Waals surface area contributed by atoms with Crippen LogP contribution in [-0.2, 0) is 4.79 Å². The number of aliphatic carboxylic acids is 1. The highest BCUT2D eigenvalue weighted by Gasteiger charge is 2.44. The molecule has 9 heavy (non-hydrogen) atoms. The van der Waals surface area contributed by atoms with Crippen LogP contribution in [0, 0.1) is 0 Å². The van der Waals surface area contributed by atoms with Gasteiger partial charge in [0.05, 0.1) is 0 Å². The number of carboxylic acids is 1. The van der Waals surface area contributed by atoms with Gasteiger partial charge in [0.2, 0.25) is 0 Å². The summed E-state index contributed by atoms with van der Waals surface area (Å²) in [5.41, 5.74) is -0.684. The number of aliphatic hydroxyl groups is 1. The lowest BCUT2D eigenvalue weighted by Crippen LogP contribution is -2.46. The Morgan fingerprint density at radius 2 is 2.11 bits per heavy atom. The molecule has 1 saturated carbocycles. The zero-order valence-corrected chi connectivity index (χ0v) is 4.92. The first kappa shape index (κ1) is 6.29. The minimum absolute atomic E-state index is 0.211. The molecule has 2 N–H and O–H groups in total. The molecule has 1 aliphatic rings. The number of carbonyl (C=O) groups is 1. The molecular weight excluding hydrogens is 120 g/mol. The molecule has 1 fully saturated rings. The molecule has 1 aliphatic carbocycles. The zero-order chi connectivity index (χ0) is 7.07. The molecule has 0 heterocycles. The SMILES string of the molecule is C=C1CC(O)(C(=O)O)C1. The predicted molar refractivity (Wildman–Crippen MR) is 31.0 cm³/mol. The molecule has 0 saturated heterocycles. The van der Waals surface area contributed by atoms with E-state index >= 15 is 0 Å². The van der Waals surface area contributed by atoms with Gasteiger partial charge in [0.25, 0.3) is 0 Å². The van der Waals surface area contributed by atoms with E-state index in [1.165, 1.54) is 0 Å². The number of hydrogen-bond donors (Lipinski definition) is 2. The summed E-state index contributed by atoms with van der Waals surface area (Å²) in [5.74, 6) is -1.14. The lowest BCUT2D eigenvalue weighted by molar-refractivity contribution is -0.162. The summed E-state index contributed by atoms with van der Waals surface area (Å²) >= 11 is 0. The van der Waals surface area contributed by atoms with Crippen LogP contribution in [0.4, 0.5) is 0 Å². The lowest BCUT2D eigenvalue weighted by Gasteiger charge is -2.33. The summed E-state index contributed by atoms with van der Waals surface area (Å²) in [6.07, 6.45) is 0.421. The molecular formula is C6H8O3. The van der Waals surface area contributed by atoms with Gasteiger partial charge in [-0.05, 0) is 0 Å². The molecule has 1 rings (SSSR count). The molecule has 0 aromatic heterocycles. The molecule has 0 amide bonds. The Morgan fingerprint density at radius 3 is 2.22 bits per heavy atom. The Balaban J connectivity index is 2.60. The van der Waals surface area contributed by atoms with Crippen LogP contribution in [0.2, 0.25) is 0 Å². The summed E-state index contributed by atoms with van der Waals surface area (Å²) in [6.45, 7) is 3.51. The van der Waals surface area contributed by atoms with Gasteiger partial charge in [0.1, 0.15) is 0 Å². The molecule has 0 aromatic rings. The van der Waals surface area contributed by atoms with E-state index in [1.54, 1.807) is 0 Å². The van der Waals surface area contributed by atoms with E-state index < -0.39 is 11.6 Å². The highest BCUT2D eigenvalue weighted by atomic mass is 16.4. The summed E-state index contributed by atoms with van der Waals surface area (Å²) in [6, 6.07) is 0. The largest absolute Gasteiger partial charge is 0.479 e. The van der Waals surface area contributed by atoms with Gasteiger partial charge in [-0.3, -0.25) is 0 Å².